The van der Waals surface area contributed by atoms with Gasteiger partial charge >= 0.3 is 0 Å². The van der Waals surface area contributed by atoms with E-state index in [4.69, 9.17) is 0 Å². The Bertz CT molecular complexity index is 833. The van der Waals surface area contributed by atoms with E-state index in [1.54, 1.807) is 0 Å². The number of aliphatic hydroxyl groups is 3. The molecule has 0 spiro atoms. The van der Waals surface area contributed by atoms with Crippen LogP contribution in [-0.2, 0) is 9.59 Å². The molecule has 1 heterocycles. The van der Waals surface area contributed by atoms with Crippen LogP contribution in [0.4, 0.5) is 0 Å². The normalized spacial score (nSPS) is 12.6. The Morgan fingerprint density at radius 1 is 1.18 bits per heavy atom. The molecule has 1 aromatic heterocycles. The van der Waals surface area contributed by atoms with E-state index in [-0.39, 0.29) is 11.7 Å². The summed E-state index contributed by atoms with van der Waals surface area (Å²) in [6.45, 7) is 1.26. The second-order valence-electron chi connectivity index (χ2n) is 6.59. The van der Waals surface area contributed by atoms with E-state index in [0.29, 0.717) is 0 Å². The largest absolute Gasteiger partial charge is 0.394 e. The van der Waals surface area contributed by atoms with Gasteiger partial charge in [-0.3, -0.25) is 14.6 Å². The smallest absolute Gasteiger partial charge is 0.244 e. The van der Waals surface area contributed by atoms with Crippen LogP contribution in [0.3, 0.4) is 0 Å². The van der Waals surface area contributed by atoms with Crippen molar-refractivity contribution in [3.63, 3.8) is 0 Å². The van der Waals surface area contributed by atoms with E-state index >= 15 is 0 Å². The molecule has 0 aliphatic rings. The first-order valence-corrected chi connectivity index (χ1v) is 9.73. The zero-order valence-corrected chi connectivity index (χ0v) is 16.6. The molecule has 0 saturated heterocycles. The Kier molecular flexibility index (Phi) is 7.76. The number of carbonyl (C=O) groups is 2. The van der Waals surface area contributed by atoms with Crippen molar-refractivity contribution >= 4 is 34.5 Å². The fourth-order valence-electron chi connectivity index (χ4n) is 2.61. The number of fused-ring (bicyclic) bond motifs is 1. The van der Waals surface area contributed by atoms with Crippen LogP contribution < -0.4 is 10.6 Å². The molecule has 1 atom stereocenters. The third-order valence-electron chi connectivity index (χ3n) is 4.20. The number of thioether (sulfide) groups is 1. The van der Waals surface area contributed by atoms with Crippen LogP contribution in [0, 0.1) is 6.92 Å². The Morgan fingerprint density at radius 3 is 2.43 bits per heavy atom. The maximum absolute atomic E-state index is 12.6. The van der Waals surface area contributed by atoms with Gasteiger partial charge in [0.15, 0.2) is 0 Å². The Balaban J connectivity index is 2.21. The number of nitrogens with zero attached hydrogens (tertiary/aromatic N) is 1. The molecular formula is C19H25N3O5S. The zero-order chi connectivity index (χ0) is 20.7. The highest BCUT2D eigenvalue weighted by molar-refractivity contribution is 7.99. The Morgan fingerprint density at radius 2 is 1.82 bits per heavy atom. The monoisotopic (exact) mass is 407 g/mol. The molecule has 0 fully saturated rings. The summed E-state index contributed by atoms with van der Waals surface area (Å²) in [5.74, 6) is -0.772. The minimum absolute atomic E-state index is 0.219. The number of aryl methyl sites for hydroxylation is 1. The van der Waals surface area contributed by atoms with Gasteiger partial charge in [0.1, 0.15) is 11.6 Å². The lowest BCUT2D eigenvalue weighted by atomic mass is 10.0. The highest BCUT2D eigenvalue weighted by Gasteiger charge is 2.33. The van der Waals surface area contributed by atoms with Gasteiger partial charge in [-0.05, 0) is 19.1 Å². The van der Waals surface area contributed by atoms with E-state index in [2.05, 4.69) is 15.6 Å². The standard InChI is InChI=1S/C19H25N3O5S/c1-12-7-17(14-5-3-4-6-15(14)20-12)28-8-16(21-13(2)26)18(27)22-19(9-23,10-24)11-25/h3-7,16,23-25H,8-11H2,1-2H3,(H,21,26)(H,22,27). The predicted octanol–water partition coefficient (Wildman–Crippen LogP) is -0.0281. The molecule has 0 radical (unpaired) electrons. The molecule has 28 heavy (non-hydrogen) atoms. The van der Waals surface area contributed by atoms with Gasteiger partial charge in [-0.25, -0.2) is 0 Å². The fourth-order valence-corrected chi connectivity index (χ4v) is 3.77. The van der Waals surface area contributed by atoms with E-state index in [1.807, 2.05) is 37.3 Å². The van der Waals surface area contributed by atoms with Crippen LogP contribution >= 0.6 is 11.8 Å². The van der Waals surface area contributed by atoms with Crippen LogP contribution in [0.25, 0.3) is 10.9 Å². The number of amides is 2. The van der Waals surface area contributed by atoms with Crippen molar-refractivity contribution in [2.45, 2.75) is 30.3 Å². The lowest BCUT2D eigenvalue weighted by Crippen LogP contribution is -2.61. The molecule has 2 rings (SSSR count). The molecular weight excluding hydrogens is 382 g/mol. The molecule has 8 nitrogen and oxygen atoms in total. The second-order valence-corrected chi connectivity index (χ2v) is 7.65. The average Bonchev–Trinajstić information content (AvgIpc) is 2.68. The van der Waals surface area contributed by atoms with Crippen molar-refractivity contribution in [1.29, 1.82) is 0 Å². The summed E-state index contributed by atoms with van der Waals surface area (Å²) in [5, 5.41) is 34.2. The Hall–Kier alpha value is -2.20. The van der Waals surface area contributed by atoms with Crippen molar-refractivity contribution in [3.8, 4) is 0 Å². The lowest BCUT2D eigenvalue weighted by molar-refractivity contribution is -0.130. The number of carbonyl (C=O) groups excluding carboxylic acids is 2. The van der Waals surface area contributed by atoms with Gasteiger partial charge < -0.3 is 26.0 Å². The summed E-state index contributed by atoms with van der Waals surface area (Å²) >= 11 is 1.39. The highest BCUT2D eigenvalue weighted by Crippen LogP contribution is 2.28. The molecule has 9 heteroatoms. The van der Waals surface area contributed by atoms with E-state index < -0.39 is 37.3 Å². The van der Waals surface area contributed by atoms with Gasteiger partial charge in [-0.15, -0.1) is 11.8 Å². The van der Waals surface area contributed by atoms with Gasteiger partial charge in [0, 0.05) is 28.7 Å². The van der Waals surface area contributed by atoms with Crippen LogP contribution in [0.1, 0.15) is 12.6 Å². The topological polar surface area (TPSA) is 132 Å². The number of aliphatic hydroxyl groups excluding tert-OH is 3. The molecule has 0 saturated carbocycles. The molecule has 0 aliphatic carbocycles. The second kappa shape index (κ2) is 9.83. The summed E-state index contributed by atoms with van der Waals surface area (Å²) in [6.07, 6.45) is 0. The lowest BCUT2D eigenvalue weighted by Gasteiger charge is -2.30. The number of para-hydroxylation sites is 1. The summed E-state index contributed by atoms with van der Waals surface area (Å²) in [7, 11) is 0. The maximum Gasteiger partial charge on any atom is 0.244 e. The third kappa shape index (κ3) is 5.41. The van der Waals surface area contributed by atoms with E-state index in [1.165, 1.54) is 18.7 Å². The number of pyridine rings is 1. The Labute approximate surface area is 167 Å². The molecule has 5 N–H and O–H groups in total. The van der Waals surface area contributed by atoms with Crippen molar-refractivity contribution < 1.29 is 24.9 Å². The maximum atomic E-state index is 12.6. The molecule has 152 valence electrons. The van der Waals surface area contributed by atoms with E-state index in [0.717, 1.165) is 21.5 Å². The van der Waals surface area contributed by atoms with Gasteiger partial charge in [-0.2, -0.15) is 0 Å². The van der Waals surface area contributed by atoms with Gasteiger partial charge in [0.05, 0.1) is 25.3 Å². The first kappa shape index (κ1) is 22.1. The van der Waals surface area contributed by atoms with Crippen LogP contribution in [-0.4, -0.2) is 69.3 Å². The van der Waals surface area contributed by atoms with Crippen LogP contribution in [0.5, 0.6) is 0 Å². The quantitative estimate of drug-likeness (QED) is 0.369. The third-order valence-corrected chi connectivity index (χ3v) is 5.35. The SMILES string of the molecule is CC(=O)NC(CSc1cc(C)nc2ccccc12)C(=O)NC(CO)(CO)CO. The number of rotatable bonds is 9. The van der Waals surface area contributed by atoms with Crippen molar-refractivity contribution in [1.82, 2.24) is 15.6 Å². The fraction of sp³-hybridized carbons (Fsp3) is 0.421. The van der Waals surface area contributed by atoms with Crippen LogP contribution in [0.2, 0.25) is 0 Å². The van der Waals surface area contributed by atoms with Gasteiger partial charge in [-0.1, -0.05) is 18.2 Å². The molecule has 0 aliphatic heterocycles. The van der Waals surface area contributed by atoms with Gasteiger partial charge in [0.25, 0.3) is 0 Å². The minimum Gasteiger partial charge on any atom is -0.394 e. The number of nitrogens with one attached hydrogen (secondary N) is 2. The number of aromatic nitrogens is 1. The molecule has 0 bridgehead atoms. The predicted molar refractivity (Wildman–Crippen MR) is 107 cm³/mol. The summed E-state index contributed by atoms with van der Waals surface area (Å²) in [6, 6.07) is 8.64. The number of hydrogen-bond acceptors (Lipinski definition) is 7. The first-order valence-electron chi connectivity index (χ1n) is 8.75. The number of benzene rings is 1. The summed E-state index contributed by atoms with van der Waals surface area (Å²) in [4.78, 5) is 29.6. The first-order chi connectivity index (χ1) is 13.3. The molecule has 1 unspecified atom stereocenters. The number of hydrogen-bond donors (Lipinski definition) is 5. The highest BCUT2D eigenvalue weighted by atomic mass is 32.2. The summed E-state index contributed by atoms with van der Waals surface area (Å²) in [5.41, 5.74) is 0.116. The average molecular weight is 407 g/mol. The zero-order valence-electron chi connectivity index (χ0n) is 15.8. The van der Waals surface area contributed by atoms with Crippen LogP contribution in [0.15, 0.2) is 35.2 Å². The van der Waals surface area contributed by atoms with Gasteiger partial charge in [0.2, 0.25) is 11.8 Å². The minimum atomic E-state index is -1.56. The van der Waals surface area contributed by atoms with E-state index in [9.17, 15) is 24.9 Å². The molecule has 2 amide bonds. The van der Waals surface area contributed by atoms with Crippen molar-refractivity contribution in [2.24, 2.45) is 0 Å². The summed E-state index contributed by atoms with van der Waals surface area (Å²) < 4.78 is 0. The molecule has 2 aromatic rings. The molecule has 1 aromatic carbocycles. The van der Waals surface area contributed by atoms with Crippen molar-refractivity contribution in [3.05, 3.63) is 36.0 Å². The van der Waals surface area contributed by atoms with Crippen molar-refractivity contribution in [2.75, 3.05) is 25.6 Å².